The Bertz CT molecular complexity index is 1320. The van der Waals surface area contributed by atoms with Gasteiger partial charge in [0.05, 0.1) is 22.5 Å². The Balaban J connectivity index is 1.49. The molecule has 2 aromatic heterocycles. The number of pyridine rings is 1. The van der Waals surface area contributed by atoms with Crippen molar-refractivity contribution in [3.05, 3.63) is 75.3 Å². The average Bonchev–Trinajstić information content (AvgIpc) is 2.73. The molecule has 0 saturated carbocycles. The van der Waals surface area contributed by atoms with Crippen molar-refractivity contribution < 1.29 is 21.6 Å². The summed E-state index contributed by atoms with van der Waals surface area (Å²) in [4.78, 5) is 25.1. The molecule has 11 heteroatoms. The minimum Gasteiger partial charge on any atom is -0.297 e. The number of H-pyrrole nitrogens is 1. The summed E-state index contributed by atoms with van der Waals surface area (Å²) in [6, 6.07) is 8.44. The van der Waals surface area contributed by atoms with Gasteiger partial charge in [-0.05, 0) is 23.8 Å². The van der Waals surface area contributed by atoms with Gasteiger partial charge in [-0.1, -0.05) is 18.2 Å². The van der Waals surface area contributed by atoms with E-state index in [1.54, 1.807) is 24.4 Å². The molecule has 0 radical (unpaired) electrons. The number of hydrogen-bond acceptors (Lipinski definition) is 6. The van der Waals surface area contributed by atoms with Gasteiger partial charge in [-0.3, -0.25) is 19.7 Å². The normalized spacial score (nSPS) is 14.9. The number of fused-ring (bicyclic) bond motifs is 1. The van der Waals surface area contributed by atoms with Gasteiger partial charge in [0.25, 0.3) is 5.56 Å². The Kier molecular flexibility index (Phi) is 5.63. The van der Waals surface area contributed by atoms with Crippen LogP contribution in [0.3, 0.4) is 0 Å². The molecular formula is C21H19F3N4O3S. The first-order valence-electron chi connectivity index (χ1n) is 9.68. The smallest absolute Gasteiger partial charge is 0.297 e. The first-order chi connectivity index (χ1) is 15.0. The van der Waals surface area contributed by atoms with Crippen molar-refractivity contribution in [2.45, 2.75) is 30.8 Å². The lowest BCUT2D eigenvalue weighted by atomic mass is 10.1. The highest BCUT2D eigenvalue weighted by atomic mass is 32.2. The quantitative estimate of drug-likeness (QED) is 0.597. The van der Waals surface area contributed by atoms with Crippen LogP contribution in [0.25, 0.3) is 11.3 Å². The van der Waals surface area contributed by atoms with E-state index in [1.165, 1.54) is 6.07 Å². The zero-order valence-corrected chi connectivity index (χ0v) is 17.8. The molecule has 0 amide bonds. The van der Waals surface area contributed by atoms with Gasteiger partial charge in [0.15, 0.2) is 0 Å². The van der Waals surface area contributed by atoms with Crippen molar-refractivity contribution >= 4 is 9.84 Å². The molecule has 1 aromatic carbocycles. The second-order valence-corrected chi connectivity index (χ2v) is 9.59. The van der Waals surface area contributed by atoms with Gasteiger partial charge < -0.3 is 0 Å². The summed E-state index contributed by atoms with van der Waals surface area (Å²) in [6.45, 7) is 1.35. The summed E-state index contributed by atoms with van der Waals surface area (Å²) in [5.74, 6) is 0. The number of nitrogens with zero attached hydrogens (tertiary/aromatic N) is 3. The van der Waals surface area contributed by atoms with Gasteiger partial charge in [0.1, 0.15) is 0 Å². The highest BCUT2D eigenvalue weighted by Crippen LogP contribution is 2.31. The SMILES string of the molecule is CS(=O)(=O)c1nc2c(c(=O)[nH]1)CN(Cc1ccc(-c3cccc(C(F)(F)F)c3)nc1)CC2. The van der Waals surface area contributed by atoms with Gasteiger partial charge in [-0.25, -0.2) is 13.4 Å². The van der Waals surface area contributed by atoms with Crippen molar-refractivity contribution in [1.29, 1.82) is 0 Å². The summed E-state index contributed by atoms with van der Waals surface area (Å²) >= 11 is 0. The van der Waals surface area contributed by atoms with E-state index in [1.807, 2.05) is 4.90 Å². The molecule has 0 spiro atoms. The van der Waals surface area contributed by atoms with E-state index in [2.05, 4.69) is 15.0 Å². The van der Waals surface area contributed by atoms with E-state index < -0.39 is 27.1 Å². The van der Waals surface area contributed by atoms with Crippen LogP contribution in [0.2, 0.25) is 0 Å². The molecular weight excluding hydrogens is 445 g/mol. The van der Waals surface area contributed by atoms with Crippen LogP contribution in [0, 0.1) is 0 Å². The highest BCUT2D eigenvalue weighted by Gasteiger charge is 2.30. The molecule has 7 nitrogen and oxygen atoms in total. The predicted molar refractivity (Wildman–Crippen MR) is 110 cm³/mol. The molecule has 1 aliphatic heterocycles. The van der Waals surface area contributed by atoms with Gasteiger partial charge in [0, 0.05) is 44.1 Å². The first-order valence-corrected chi connectivity index (χ1v) is 11.6. The fourth-order valence-corrected chi connectivity index (χ4v) is 4.12. The molecule has 1 N–H and O–H groups in total. The number of aromatic nitrogens is 3. The van der Waals surface area contributed by atoms with E-state index in [4.69, 9.17) is 0 Å². The zero-order valence-electron chi connectivity index (χ0n) is 17.0. The number of rotatable bonds is 4. The third-order valence-electron chi connectivity index (χ3n) is 5.19. The van der Waals surface area contributed by atoms with E-state index in [-0.39, 0.29) is 5.16 Å². The zero-order chi connectivity index (χ0) is 23.1. The third kappa shape index (κ3) is 4.73. The third-order valence-corrected chi connectivity index (χ3v) is 6.09. The maximum absolute atomic E-state index is 12.9. The number of benzene rings is 1. The molecule has 4 rings (SSSR count). The number of nitrogens with one attached hydrogen (secondary N) is 1. The number of aromatic amines is 1. The monoisotopic (exact) mass is 464 g/mol. The van der Waals surface area contributed by atoms with Crippen LogP contribution in [-0.2, 0) is 35.5 Å². The van der Waals surface area contributed by atoms with Crippen molar-refractivity contribution in [3.8, 4) is 11.3 Å². The fraction of sp³-hybridized carbons (Fsp3) is 0.286. The summed E-state index contributed by atoms with van der Waals surface area (Å²) in [5.41, 5.74) is 1.33. The molecule has 0 fully saturated rings. The van der Waals surface area contributed by atoms with Gasteiger partial charge in [-0.2, -0.15) is 13.2 Å². The van der Waals surface area contributed by atoms with Crippen molar-refractivity contribution in [2.24, 2.45) is 0 Å². The highest BCUT2D eigenvalue weighted by molar-refractivity contribution is 7.90. The molecule has 0 aliphatic carbocycles. The van der Waals surface area contributed by atoms with Crippen molar-refractivity contribution in [2.75, 3.05) is 12.8 Å². The average molecular weight is 464 g/mol. The lowest BCUT2D eigenvalue weighted by molar-refractivity contribution is -0.137. The predicted octanol–water partition coefficient (Wildman–Crippen LogP) is 2.81. The van der Waals surface area contributed by atoms with Crippen LogP contribution < -0.4 is 5.56 Å². The number of hydrogen-bond donors (Lipinski definition) is 1. The molecule has 0 bridgehead atoms. The van der Waals surface area contributed by atoms with Crippen LogP contribution in [0.4, 0.5) is 13.2 Å². The number of alkyl halides is 3. The molecule has 1 aliphatic rings. The van der Waals surface area contributed by atoms with Crippen LogP contribution in [0.5, 0.6) is 0 Å². The fourth-order valence-electron chi connectivity index (χ4n) is 3.57. The Labute approximate surface area is 181 Å². The topological polar surface area (TPSA) is 96.0 Å². The molecule has 0 saturated heterocycles. The van der Waals surface area contributed by atoms with Crippen molar-refractivity contribution in [1.82, 2.24) is 19.9 Å². The van der Waals surface area contributed by atoms with Gasteiger partial charge >= 0.3 is 6.18 Å². The Morgan fingerprint density at radius 1 is 1.19 bits per heavy atom. The minimum atomic E-state index is -4.42. The molecule has 3 heterocycles. The van der Waals surface area contributed by atoms with Crippen LogP contribution >= 0.6 is 0 Å². The lowest BCUT2D eigenvalue weighted by Crippen LogP contribution is -2.36. The molecule has 0 unspecified atom stereocenters. The molecule has 0 atom stereocenters. The Hall–Kier alpha value is -3.05. The van der Waals surface area contributed by atoms with E-state index in [0.29, 0.717) is 48.6 Å². The van der Waals surface area contributed by atoms with Gasteiger partial charge in [-0.15, -0.1) is 0 Å². The second-order valence-electron chi connectivity index (χ2n) is 7.66. The molecule has 3 aromatic rings. The minimum absolute atomic E-state index is 0.303. The van der Waals surface area contributed by atoms with Gasteiger partial charge in [0.2, 0.25) is 15.0 Å². The summed E-state index contributed by atoms with van der Waals surface area (Å²) in [7, 11) is -3.61. The standard InChI is InChI=1S/C21H19F3N4O3S/c1-32(30,31)20-26-18-7-8-28(12-16(18)19(29)27-20)11-13-5-6-17(25-10-13)14-3-2-4-15(9-14)21(22,23)24/h2-6,9-10H,7-8,11-12H2,1H3,(H,26,27,29). The van der Waals surface area contributed by atoms with E-state index in [0.717, 1.165) is 24.0 Å². The summed E-state index contributed by atoms with van der Waals surface area (Å²) in [5, 5.41) is -0.330. The summed E-state index contributed by atoms with van der Waals surface area (Å²) in [6.07, 6.45) is -1.41. The molecule has 168 valence electrons. The van der Waals surface area contributed by atoms with E-state index in [9.17, 15) is 26.4 Å². The number of sulfone groups is 1. The summed E-state index contributed by atoms with van der Waals surface area (Å²) < 4.78 is 62.2. The Morgan fingerprint density at radius 3 is 2.62 bits per heavy atom. The molecule has 32 heavy (non-hydrogen) atoms. The Morgan fingerprint density at radius 2 is 1.97 bits per heavy atom. The number of halogens is 3. The maximum Gasteiger partial charge on any atom is 0.416 e. The first kappa shape index (κ1) is 22.2. The van der Waals surface area contributed by atoms with E-state index >= 15 is 0 Å². The maximum atomic E-state index is 12.9. The van der Waals surface area contributed by atoms with Crippen LogP contribution in [-0.4, -0.2) is 41.1 Å². The second kappa shape index (κ2) is 8.14. The lowest BCUT2D eigenvalue weighted by Gasteiger charge is -2.27. The largest absolute Gasteiger partial charge is 0.416 e. The van der Waals surface area contributed by atoms with Crippen LogP contribution in [0.1, 0.15) is 22.4 Å². The van der Waals surface area contributed by atoms with Crippen molar-refractivity contribution in [3.63, 3.8) is 0 Å². The van der Waals surface area contributed by atoms with Crippen LogP contribution in [0.15, 0.2) is 52.5 Å².